The van der Waals surface area contributed by atoms with E-state index in [9.17, 15) is 108 Å². The largest absolute Gasteiger partial charge is 0.508 e. The van der Waals surface area contributed by atoms with Crippen LogP contribution >= 0.6 is 11.8 Å². The topological polar surface area (TPSA) is 630 Å². The lowest BCUT2D eigenvalue weighted by Gasteiger charge is -2.43. The number of rotatable bonds is 42. The molecule has 10 unspecified atom stereocenters. The third kappa shape index (κ3) is 27.7. The Bertz CT molecular complexity index is 2900. The van der Waals surface area contributed by atoms with Gasteiger partial charge in [-0.15, -0.1) is 11.8 Å². The Morgan fingerprint density at radius 3 is 1.89 bits per heavy atom. The van der Waals surface area contributed by atoms with Crippen molar-refractivity contribution in [3.8, 4) is 5.75 Å². The smallest absolute Gasteiger partial charge is 0.305 e. The van der Waals surface area contributed by atoms with Crippen molar-refractivity contribution >= 4 is 101 Å². The van der Waals surface area contributed by atoms with Crippen molar-refractivity contribution in [2.75, 3.05) is 51.7 Å². The number of hydrogen-bond acceptors (Lipinski definition) is 26. The fourth-order valence-corrected chi connectivity index (χ4v) is 11.0. The molecule has 38 nitrogen and oxygen atoms in total. The molecule has 0 bridgehead atoms. The van der Waals surface area contributed by atoms with Crippen molar-refractivity contribution in [3.63, 3.8) is 0 Å². The summed E-state index contributed by atoms with van der Waals surface area (Å²) in [6.45, 7) is 2.49. The molecule has 1 aromatic rings. The minimum atomic E-state index is -2.07. The molecular formula is C57H90N16O22S. The van der Waals surface area contributed by atoms with Crippen LogP contribution in [0, 0.1) is 11.3 Å². The second-order valence-electron chi connectivity index (χ2n) is 23.2. The number of hydrogen-bond donors (Lipinski definition) is 22. The summed E-state index contributed by atoms with van der Waals surface area (Å²) in [5.41, 5.74) is 16.5. The first-order chi connectivity index (χ1) is 45.2. The number of amides is 12. The normalized spacial score (nSPS) is 19.9. The monoisotopic (exact) mass is 1380 g/mol. The van der Waals surface area contributed by atoms with Gasteiger partial charge in [-0.3, -0.25) is 93.0 Å². The molecular weight excluding hydrogens is 1290 g/mol. The summed E-state index contributed by atoms with van der Waals surface area (Å²) in [6.07, 6.45) is -9.77. The lowest BCUT2D eigenvalue weighted by atomic mass is 9.94. The number of carbonyl (C=O) groups excluding carboxylic acids is 13. The van der Waals surface area contributed by atoms with Gasteiger partial charge in [-0.05, 0) is 75.6 Å². The van der Waals surface area contributed by atoms with Gasteiger partial charge in [0.15, 0.2) is 12.2 Å². The molecule has 0 saturated carbocycles. The van der Waals surface area contributed by atoms with Crippen molar-refractivity contribution in [3.05, 3.63) is 29.8 Å². The molecule has 0 aliphatic carbocycles. The summed E-state index contributed by atoms with van der Waals surface area (Å²) in [6, 6.07) is -7.49. The number of carboxylic acid groups (broad SMARTS) is 1. The quantitative estimate of drug-likeness (QED) is 0.00722. The van der Waals surface area contributed by atoms with Crippen LogP contribution in [0.2, 0.25) is 0 Å². The van der Waals surface area contributed by atoms with Crippen molar-refractivity contribution in [1.82, 2.24) is 63.0 Å². The zero-order chi connectivity index (χ0) is 72.1. The van der Waals surface area contributed by atoms with Crippen molar-refractivity contribution in [2.24, 2.45) is 23.1 Å². The molecule has 2 aliphatic heterocycles. The number of nitrogens with one attached hydrogen (secondary N) is 11. The minimum Gasteiger partial charge on any atom is -0.508 e. The third-order valence-corrected chi connectivity index (χ3v) is 16.3. The number of nitrogens with two attached hydrogens (primary N) is 3. The Morgan fingerprint density at radius 2 is 1.30 bits per heavy atom. The highest BCUT2D eigenvalue weighted by atomic mass is 32.2. The van der Waals surface area contributed by atoms with Crippen LogP contribution in [-0.4, -0.2) is 276 Å². The molecule has 39 heteroatoms. The van der Waals surface area contributed by atoms with E-state index in [-0.39, 0.29) is 81.1 Å². The van der Waals surface area contributed by atoms with Gasteiger partial charge in [0.1, 0.15) is 66.5 Å². The molecule has 2 fully saturated rings. The fraction of sp³-hybridized carbons (Fsp3) is 0.632. The molecule has 14 atom stereocenters. The second-order valence-corrected chi connectivity index (χ2v) is 24.5. The number of carbonyl (C=O) groups is 14. The molecule has 2 aliphatic rings. The van der Waals surface area contributed by atoms with Crippen LogP contribution < -0.4 is 70.4 Å². The summed E-state index contributed by atoms with van der Waals surface area (Å²) in [5, 5.41) is 110. The lowest BCUT2D eigenvalue weighted by Crippen LogP contribution is -2.62. The predicted molar refractivity (Wildman–Crippen MR) is 336 cm³/mol. The van der Waals surface area contributed by atoms with Crippen LogP contribution in [0.1, 0.15) is 84.1 Å². The van der Waals surface area contributed by atoms with Gasteiger partial charge in [0.25, 0.3) is 0 Å². The van der Waals surface area contributed by atoms with E-state index < -0.39 is 212 Å². The molecule has 25 N–H and O–H groups in total. The van der Waals surface area contributed by atoms with E-state index in [1.807, 2.05) is 5.32 Å². The fourth-order valence-electron chi connectivity index (χ4n) is 9.87. The number of piperidine rings is 1. The first-order valence-electron chi connectivity index (χ1n) is 30.6. The van der Waals surface area contributed by atoms with Gasteiger partial charge in [0.2, 0.25) is 70.9 Å². The summed E-state index contributed by atoms with van der Waals surface area (Å²) in [7, 11) is 0. The number of aliphatic hydroxyl groups excluding tert-OH is 6. The Kier molecular flexibility index (Phi) is 34.7. The number of aldehydes is 1. The first-order valence-corrected chi connectivity index (χ1v) is 31.6. The number of carboxylic acids is 1. The van der Waals surface area contributed by atoms with Gasteiger partial charge in [0.05, 0.1) is 49.6 Å². The van der Waals surface area contributed by atoms with Crippen molar-refractivity contribution < 1.29 is 108 Å². The van der Waals surface area contributed by atoms with E-state index in [0.29, 0.717) is 12.8 Å². The summed E-state index contributed by atoms with van der Waals surface area (Å²) < 4.78 is 0. The number of aliphatic hydroxyl groups is 6. The number of likely N-dealkylation sites (tertiary alicyclic amines) is 2. The molecule has 0 spiro atoms. The summed E-state index contributed by atoms with van der Waals surface area (Å²) >= 11 is 0.826. The predicted octanol–water partition coefficient (Wildman–Crippen LogP) is -10.1. The van der Waals surface area contributed by atoms with Crippen LogP contribution in [0.5, 0.6) is 5.75 Å². The number of imide groups is 2. The number of phenols is 1. The highest BCUT2D eigenvalue weighted by Crippen LogP contribution is 2.27. The van der Waals surface area contributed by atoms with Gasteiger partial charge in [0, 0.05) is 44.6 Å². The second kappa shape index (κ2) is 40.8. The summed E-state index contributed by atoms with van der Waals surface area (Å²) in [5.74, 6) is -15.3. The number of benzene rings is 1. The molecule has 0 radical (unpaired) electrons. The molecule has 2 saturated heterocycles. The van der Waals surface area contributed by atoms with Crippen LogP contribution in [0.15, 0.2) is 24.3 Å². The maximum atomic E-state index is 14.3. The lowest BCUT2D eigenvalue weighted by molar-refractivity contribution is -0.145. The van der Waals surface area contributed by atoms with Crippen LogP contribution in [0.4, 0.5) is 0 Å². The number of phenolic OH excluding ortho intramolecular Hbond substituents is 1. The standard InChI is InChI=1S/C57H90N16O22S/c1-27(2)17-33(65-43(81)21-63-55(94)39(79)26-96-40-20-44(82)73(56(40)95)16-5-4-15-72-22-38(78)47(86)46(85)37(72)24-75)51(90)66-31(7-6-14-62-57(60)61)49(88)67-32(12-13-42(59)80)50(89)68-34(18-29-8-10-30(77)11-9-29)52(91)71-53(92)35(19-45(83)84)69-54(93)36(23-74)64-28(3)48(87)70-41(58)25-76/h8-11,25,27-28,31-41,46-47,64,74-75,77-79,85-86H,4-7,12-24,26,58H2,1-3H3,(H2,59,80)(H,63,94)(H,65,81)(H,66,90)(H,67,88)(H,68,89)(H,69,93)(H,70,87)(H,83,84)(H4,60,61,62)(H,71,91,92)/t28?,31?,32?,33?,34?,35?,36?,37-,38-,39?,40?,41?,46-,47-/m1/s1. The minimum absolute atomic E-state index is 0.00436. The number of nitrogens with zero attached hydrogens (tertiary/aromatic N) is 2. The Labute approximate surface area is 554 Å². The van der Waals surface area contributed by atoms with Gasteiger partial charge in [-0.25, -0.2) is 0 Å². The maximum absolute atomic E-state index is 14.3. The van der Waals surface area contributed by atoms with E-state index in [1.54, 1.807) is 18.7 Å². The number of thioether (sulfide) groups is 1. The number of guanidine groups is 1. The molecule has 536 valence electrons. The van der Waals surface area contributed by atoms with E-state index in [1.165, 1.54) is 31.2 Å². The highest BCUT2D eigenvalue weighted by Gasteiger charge is 2.42. The number of unbranched alkanes of at least 4 members (excludes halogenated alkanes) is 1. The van der Waals surface area contributed by atoms with Gasteiger partial charge < -0.3 is 101 Å². The highest BCUT2D eigenvalue weighted by molar-refractivity contribution is 8.00. The number of aromatic hydroxyl groups is 1. The average Bonchev–Trinajstić information content (AvgIpc) is 1.13. The van der Waals surface area contributed by atoms with E-state index in [0.717, 1.165) is 16.7 Å². The molecule has 96 heavy (non-hydrogen) atoms. The van der Waals surface area contributed by atoms with Crippen LogP contribution in [-0.2, 0) is 73.5 Å². The molecule has 2 heterocycles. The zero-order valence-electron chi connectivity index (χ0n) is 53.1. The number of aliphatic carboxylic acids is 1. The van der Waals surface area contributed by atoms with Crippen molar-refractivity contribution in [2.45, 2.75) is 169 Å². The van der Waals surface area contributed by atoms with Crippen molar-refractivity contribution in [1.29, 1.82) is 5.41 Å². The maximum Gasteiger partial charge on any atom is 0.305 e. The number of β-amino-alcohol motifs (C(OH)–C–C–N with tert-alkyl or cyclic N) is 1. The molecule has 0 aromatic heterocycles. The van der Waals surface area contributed by atoms with Crippen LogP contribution in [0.3, 0.4) is 0 Å². The Balaban J connectivity index is 1.76. The molecule has 3 rings (SSSR count). The van der Waals surface area contributed by atoms with Gasteiger partial charge >= 0.3 is 5.97 Å². The zero-order valence-corrected chi connectivity index (χ0v) is 53.9. The third-order valence-electron chi connectivity index (χ3n) is 15.0. The van der Waals surface area contributed by atoms with Crippen LogP contribution in [0.25, 0.3) is 0 Å². The SMILES string of the molecule is CC(C)CC(NC(=O)CNC(=O)C(O)CSC1CC(=O)N(CCCCN2C[C@@H](O)[C@@H](O)[C@H](O)[C@H]2CO)C1=O)C(=O)NC(CCCNC(=N)N)C(=O)NC(CCC(N)=O)C(=O)NC(Cc1ccc(O)cc1)C(=O)NC(=O)C(CC(=O)O)NC(=O)C(CO)NC(C)C(=O)NC(N)C=O. The van der Waals surface area contributed by atoms with Gasteiger partial charge in [-0.1, -0.05) is 26.0 Å². The number of primary amides is 1. The molecule has 12 amide bonds. The van der Waals surface area contributed by atoms with E-state index >= 15 is 0 Å². The first kappa shape index (κ1) is 81.7. The van der Waals surface area contributed by atoms with Gasteiger partial charge in [-0.2, -0.15) is 0 Å². The van der Waals surface area contributed by atoms with E-state index in [4.69, 9.17) is 22.6 Å². The Hall–Kier alpha value is -8.54. The average molecular weight is 1380 g/mol. The summed E-state index contributed by atoms with van der Waals surface area (Å²) in [4.78, 5) is 186. The Morgan fingerprint density at radius 1 is 0.719 bits per heavy atom. The molecule has 1 aromatic carbocycles. The van der Waals surface area contributed by atoms with E-state index in [2.05, 4.69) is 47.9 Å².